The summed E-state index contributed by atoms with van der Waals surface area (Å²) in [4.78, 5) is 29.5. The summed E-state index contributed by atoms with van der Waals surface area (Å²) in [6, 6.07) is 7.35. The van der Waals surface area contributed by atoms with Gasteiger partial charge in [0.2, 0.25) is 0 Å². The van der Waals surface area contributed by atoms with Crippen molar-refractivity contribution in [3.63, 3.8) is 0 Å². The van der Waals surface area contributed by atoms with Gasteiger partial charge in [-0.2, -0.15) is 0 Å². The molecular weight excluding hydrogens is 328 g/mol. The Hall–Kier alpha value is -2.14. The van der Waals surface area contributed by atoms with Gasteiger partial charge in [0.25, 0.3) is 5.91 Å². The van der Waals surface area contributed by atoms with E-state index in [2.05, 4.69) is 4.90 Å². The lowest BCUT2D eigenvalue weighted by molar-refractivity contribution is -0.129. The Labute approximate surface area is 155 Å². The third-order valence-corrected chi connectivity index (χ3v) is 5.34. The van der Waals surface area contributed by atoms with E-state index in [1.807, 2.05) is 31.2 Å². The van der Waals surface area contributed by atoms with Crippen molar-refractivity contribution in [1.82, 2.24) is 9.80 Å². The molecule has 140 valence electrons. The van der Waals surface area contributed by atoms with Crippen LogP contribution in [-0.2, 0) is 9.59 Å². The smallest absolute Gasteiger partial charge is 0.290 e. The molecule has 1 aromatic rings. The van der Waals surface area contributed by atoms with E-state index in [0.29, 0.717) is 6.54 Å². The number of benzene rings is 1. The molecule has 1 aromatic carbocycles. The van der Waals surface area contributed by atoms with Gasteiger partial charge in [-0.3, -0.25) is 9.59 Å². The number of carbonyl (C=O) groups is 2. The first-order valence-electron chi connectivity index (χ1n) is 9.47. The van der Waals surface area contributed by atoms with E-state index >= 15 is 0 Å². The number of amides is 1. The average Bonchev–Trinajstić information content (AvgIpc) is 3.21. The molecule has 2 aliphatic heterocycles. The molecule has 1 fully saturated rings. The van der Waals surface area contributed by atoms with Crippen LogP contribution in [0, 0.1) is 12.8 Å². The fourth-order valence-corrected chi connectivity index (χ4v) is 3.80. The van der Waals surface area contributed by atoms with Gasteiger partial charge in [-0.25, -0.2) is 0 Å². The fraction of sp³-hybridized carbons (Fsp3) is 0.524. The van der Waals surface area contributed by atoms with Gasteiger partial charge in [-0.15, -0.1) is 0 Å². The van der Waals surface area contributed by atoms with Gasteiger partial charge < -0.3 is 14.9 Å². The van der Waals surface area contributed by atoms with Crippen molar-refractivity contribution in [1.29, 1.82) is 0 Å². The number of nitrogens with zero attached hydrogens (tertiary/aromatic N) is 2. The highest BCUT2D eigenvalue weighted by atomic mass is 16.3. The second-order valence-corrected chi connectivity index (χ2v) is 7.64. The summed E-state index contributed by atoms with van der Waals surface area (Å²) in [5.41, 5.74) is 2.24. The number of ketones is 1. The maximum Gasteiger partial charge on any atom is 0.290 e. The van der Waals surface area contributed by atoms with Crippen LogP contribution in [0.4, 0.5) is 0 Å². The molecule has 1 unspecified atom stereocenters. The molecule has 0 spiro atoms. The lowest BCUT2D eigenvalue weighted by atomic mass is 9.91. The highest BCUT2D eigenvalue weighted by molar-refractivity contribution is 6.09. The van der Waals surface area contributed by atoms with E-state index in [1.54, 1.807) is 18.7 Å². The number of hydrogen-bond acceptors (Lipinski definition) is 4. The minimum Gasteiger partial charge on any atom is -0.503 e. The van der Waals surface area contributed by atoms with Crippen molar-refractivity contribution < 1.29 is 14.7 Å². The predicted molar refractivity (Wildman–Crippen MR) is 101 cm³/mol. The standard InChI is InChI=1S/C21H28N2O3/c1-14(2)19(24)17-18(16-8-6-15(3)7-9-16)23(21(26)20(17)25)13-12-22-10-4-5-11-22/h6-9,14,18,25H,4-5,10-13H2,1-3H3. The Morgan fingerprint density at radius 1 is 1.15 bits per heavy atom. The molecule has 1 N–H and O–H groups in total. The van der Waals surface area contributed by atoms with Gasteiger partial charge in [0.15, 0.2) is 11.5 Å². The summed E-state index contributed by atoms with van der Waals surface area (Å²) in [6.45, 7) is 8.98. The van der Waals surface area contributed by atoms with E-state index in [-0.39, 0.29) is 23.0 Å². The van der Waals surface area contributed by atoms with E-state index in [0.717, 1.165) is 30.8 Å². The quantitative estimate of drug-likeness (QED) is 0.851. The first-order valence-corrected chi connectivity index (χ1v) is 9.47. The lowest BCUT2D eigenvalue weighted by Gasteiger charge is -2.29. The van der Waals surface area contributed by atoms with Crippen molar-refractivity contribution in [2.45, 2.75) is 39.7 Å². The van der Waals surface area contributed by atoms with Gasteiger partial charge in [0.05, 0.1) is 11.6 Å². The van der Waals surface area contributed by atoms with Gasteiger partial charge in [-0.1, -0.05) is 43.7 Å². The summed E-state index contributed by atoms with van der Waals surface area (Å²) in [5.74, 6) is -1.24. The second kappa shape index (κ2) is 7.62. The molecule has 0 bridgehead atoms. The molecule has 5 heteroatoms. The maximum atomic E-state index is 12.8. The van der Waals surface area contributed by atoms with Gasteiger partial charge in [0.1, 0.15) is 0 Å². The Balaban J connectivity index is 1.92. The number of aliphatic hydroxyl groups is 1. The van der Waals surface area contributed by atoms with Crippen LogP contribution in [0.5, 0.6) is 0 Å². The zero-order valence-corrected chi connectivity index (χ0v) is 15.9. The minimum absolute atomic E-state index is 0.162. The molecular formula is C21H28N2O3. The summed E-state index contributed by atoms with van der Waals surface area (Å²) in [6.07, 6.45) is 2.38. The van der Waals surface area contributed by atoms with Crippen molar-refractivity contribution in [3.8, 4) is 0 Å². The Kier molecular flexibility index (Phi) is 5.47. The van der Waals surface area contributed by atoms with Crippen LogP contribution in [0.25, 0.3) is 0 Å². The van der Waals surface area contributed by atoms with Crippen LogP contribution >= 0.6 is 0 Å². The molecule has 0 radical (unpaired) electrons. The molecule has 3 rings (SSSR count). The van der Waals surface area contributed by atoms with Crippen LogP contribution in [0.15, 0.2) is 35.6 Å². The lowest BCUT2D eigenvalue weighted by Crippen LogP contribution is -2.38. The fourth-order valence-electron chi connectivity index (χ4n) is 3.80. The van der Waals surface area contributed by atoms with Crippen LogP contribution in [-0.4, -0.2) is 52.8 Å². The Morgan fingerprint density at radius 2 is 1.77 bits per heavy atom. The van der Waals surface area contributed by atoms with E-state index in [4.69, 9.17) is 0 Å². The first-order chi connectivity index (χ1) is 12.4. The summed E-state index contributed by atoms with van der Waals surface area (Å²) < 4.78 is 0. The Bertz CT molecular complexity index is 715. The van der Waals surface area contributed by atoms with Crippen LogP contribution in [0.3, 0.4) is 0 Å². The second-order valence-electron chi connectivity index (χ2n) is 7.64. The first kappa shape index (κ1) is 18.6. The molecule has 0 aromatic heterocycles. The number of aliphatic hydroxyl groups excluding tert-OH is 1. The summed E-state index contributed by atoms with van der Waals surface area (Å²) >= 11 is 0. The molecule has 0 saturated carbocycles. The molecule has 1 saturated heterocycles. The average molecular weight is 356 g/mol. The molecule has 2 heterocycles. The highest BCUT2D eigenvalue weighted by Crippen LogP contribution is 2.38. The normalized spacial score (nSPS) is 21.3. The number of rotatable bonds is 6. The van der Waals surface area contributed by atoms with Crippen molar-refractivity contribution >= 4 is 11.7 Å². The zero-order chi connectivity index (χ0) is 18.8. The zero-order valence-electron chi connectivity index (χ0n) is 15.9. The molecule has 5 nitrogen and oxygen atoms in total. The Morgan fingerprint density at radius 3 is 2.35 bits per heavy atom. The SMILES string of the molecule is Cc1ccc(C2C(C(=O)C(C)C)=C(O)C(=O)N2CCN2CCCC2)cc1. The number of aryl methyl sites for hydroxylation is 1. The van der Waals surface area contributed by atoms with E-state index in [1.165, 1.54) is 12.8 Å². The number of carbonyl (C=O) groups excluding carboxylic acids is 2. The summed E-state index contributed by atoms with van der Waals surface area (Å²) in [5, 5.41) is 10.5. The molecule has 2 aliphatic rings. The van der Waals surface area contributed by atoms with E-state index < -0.39 is 11.9 Å². The third-order valence-electron chi connectivity index (χ3n) is 5.34. The van der Waals surface area contributed by atoms with Crippen molar-refractivity contribution in [2.24, 2.45) is 5.92 Å². The van der Waals surface area contributed by atoms with Crippen LogP contribution in [0.1, 0.15) is 43.9 Å². The molecule has 26 heavy (non-hydrogen) atoms. The highest BCUT2D eigenvalue weighted by Gasteiger charge is 2.43. The predicted octanol–water partition coefficient (Wildman–Crippen LogP) is 3.01. The topological polar surface area (TPSA) is 60.9 Å². The molecule has 1 atom stereocenters. The largest absolute Gasteiger partial charge is 0.503 e. The minimum atomic E-state index is -0.499. The van der Waals surface area contributed by atoms with E-state index in [9.17, 15) is 14.7 Å². The van der Waals surface area contributed by atoms with Gasteiger partial charge >= 0.3 is 0 Å². The maximum absolute atomic E-state index is 12.8. The monoisotopic (exact) mass is 356 g/mol. The summed E-state index contributed by atoms with van der Waals surface area (Å²) in [7, 11) is 0. The van der Waals surface area contributed by atoms with Gasteiger partial charge in [-0.05, 0) is 38.4 Å². The number of hydrogen-bond donors (Lipinski definition) is 1. The third kappa shape index (κ3) is 3.54. The number of likely N-dealkylation sites (tertiary alicyclic amines) is 1. The van der Waals surface area contributed by atoms with Gasteiger partial charge in [0, 0.05) is 19.0 Å². The molecule has 0 aliphatic carbocycles. The van der Waals surface area contributed by atoms with Crippen molar-refractivity contribution in [2.75, 3.05) is 26.2 Å². The molecule has 1 amide bonds. The van der Waals surface area contributed by atoms with Crippen molar-refractivity contribution in [3.05, 3.63) is 46.7 Å². The van der Waals surface area contributed by atoms with Crippen LogP contribution in [0.2, 0.25) is 0 Å². The van der Waals surface area contributed by atoms with Crippen LogP contribution < -0.4 is 0 Å². The number of Topliss-reactive ketones (excluding diaryl/α,β-unsaturated/α-hetero) is 1.